The summed E-state index contributed by atoms with van der Waals surface area (Å²) in [4.78, 5) is 14.7. The molecule has 17 heavy (non-hydrogen) atoms. The number of aryl methyl sites for hydroxylation is 1. The number of phenolic OH excluding ortho intramolecular Hbond substituents is 1. The summed E-state index contributed by atoms with van der Waals surface area (Å²) in [7, 11) is 0. The maximum absolute atomic E-state index is 10.7. The minimum Gasteiger partial charge on any atom is -0.506 e. The van der Waals surface area contributed by atoms with Crippen LogP contribution in [0, 0.1) is 6.92 Å². The van der Waals surface area contributed by atoms with E-state index in [1.807, 2.05) is 13.0 Å². The van der Waals surface area contributed by atoms with Crippen LogP contribution >= 0.6 is 15.9 Å². The van der Waals surface area contributed by atoms with Crippen LogP contribution in [-0.2, 0) is 10.3 Å². The van der Waals surface area contributed by atoms with Crippen LogP contribution in [0.2, 0.25) is 0 Å². The highest BCUT2D eigenvalue weighted by molar-refractivity contribution is 9.10. The fraction of sp³-hybridized carbons (Fsp3) is 0.462. The van der Waals surface area contributed by atoms with Gasteiger partial charge in [0.2, 0.25) is 6.08 Å². The summed E-state index contributed by atoms with van der Waals surface area (Å²) in [5, 5.41) is 10.2. The van der Waals surface area contributed by atoms with Gasteiger partial charge in [-0.2, -0.15) is 4.99 Å². The highest BCUT2D eigenvalue weighted by Crippen LogP contribution is 2.48. The summed E-state index contributed by atoms with van der Waals surface area (Å²) in [5.41, 5.74) is 1.17. The predicted molar refractivity (Wildman–Crippen MR) is 68.8 cm³/mol. The van der Waals surface area contributed by atoms with Gasteiger partial charge in [0.1, 0.15) is 11.3 Å². The lowest BCUT2D eigenvalue weighted by atomic mass is 9.85. The minimum atomic E-state index is -0.570. The Morgan fingerprint density at radius 2 is 2.06 bits per heavy atom. The SMILES string of the molecule is Cc1ccc(Br)c(O)c1C1(N=C=O)CCCC1. The lowest BCUT2D eigenvalue weighted by molar-refractivity contribution is 0.404. The molecule has 1 aliphatic carbocycles. The van der Waals surface area contributed by atoms with Gasteiger partial charge in [0.25, 0.3) is 0 Å². The van der Waals surface area contributed by atoms with Crippen LogP contribution in [0.3, 0.4) is 0 Å². The molecule has 0 bridgehead atoms. The Morgan fingerprint density at radius 1 is 1.41 bits per heavy atom. The molecule has 1 aliphatic rings. The van der Waals surface area contributed by atoms with Crippen LogP contribution in [0.25, 0.3) is 0 Å². The fourth-order valence-corrected chi connectivity index (χ4v) is 3.05. The summed E-state index contributed by atoms with van der Waals surface area (Å²) in [5.74, 6) is 0.200. The molecule has 0 heterocycles. The zero-order valence-electron chi connectivity index (χ0n) is 9.66. The van der Waals surface area contributed by atoms with E-state index in [4.69, 9.17) is 0 Å². The van der Waals surface area contributed by atoms with Crippen LogP contribution in [-0.4, -0.2) is 11.2 Å². The standard InChI is InChI=1S/C13H14BrNO2/c1-9-4-5-10(14)12(17)11(9)13(15-8-16)6-2-3-7-13/h4-5,17H,2-3,6-7H2,1H3. The first kappa shape index (κ1) is 12.3. The van der Waals surface area contributed by atoms with E-state index in [9.17, 15) is 9.90 Å². The molecule has 4 heteroatoms. The van der Waals surface area contributed by atoms with Crippen LogP contribution < -0.4 is 0 Å². The monoisotopic (exact) mass is 295 g/mol. The second-order valence-corrected chi connectivity index (χ2v) is 5.38. The smallest absolute Gasteiger partial charge is 0.235 e. The van der Waals surface area contributed by atoms with Crippen molar-refractivity contribution >= 4 is 22.0 Å². The number of hydrogen-bond acceptors (Lipinski definition) is 3. The fourth-order valence-electron chi connectivity index (χ4n) is 2.72. The molecule has 0 atom stereocenters. The quantitative estimate of drug-likeness (QED) is 0.670. The van der Waals surface area contributed by atoms with Crippen molar-refractivity contribution in [2.24, 2.45) is 4.99 Å². The molecule has 0 spiro atoms. The number of halogens is 1. The second-order valence-electron chi connectivity index (χ2n) is 4.53. The van der Waals surface area contributed by atoms with Crippen molar-refractivity contribution in [2.75, 3.05) is 0 Å². The average Bonchev–Trinajstić information content (AvgIpc) is 2.74. The van der Waals surface area contributed by atoms with E-state index in [2.05, 4.69) is 20.9 Å². The van der Waals surface area contributed by atoms with E-state index in [0.717, 1.165) is 36.8 Å². The van der Waals surface area contributed by atoms with Gasteiger partial charge in [-0.05, 0) is 47.3 Å². The molecule has 1 saturated carbocycles. The summed E-state index contributed by atoms with van der Waals surface area (Å²) in [6, 6.07) is 3.74. The van der Waals surface area contributed by atoms with E-state index in [1.165, 1.54) is 0 Å². The molecular weight excluding hydrogens is 282 g/mol. The van der Waals surface area contributed by atoms with Crippen molar-refractivity contribution in [1.29, 1.82) is 0 Å². The van der Waals surface area contributed by atoms with Crippen LogP contribution in [0.15, 0.2) is 21.6 Å². The third-order valence-corrected chi connectivity index (χ3v) is 4.13. The maximum atomic E-state index is 10.7. The van der Waals surface area contributed by atoms with Crippen molar-refractivity contribution in [3.05, 3.63) is 27.7 Å². The van der Waals surface area contributed by atoms with Gasteiger partial charge in [0.05, 0.1) is 4.47 Å². The Bertz CT molecular complexity index is 486. The first-order valence-electron chi connectivity index (χ1n) is 5.68. The molecule has 1 N–H and O–H groups in total. The molecule has 1 fully saturated rings. The predicted octanol–water partition coefficient (Wildman–Crippen LogP) is 3.57. The Morgan fingerprint density at radius 3 is 2.65 bits per heavy atom. The maximum Gasteiger partial charge on any atom is 0.235 e. The number of phenols is 1. The third kappa shape index (κ3) is 2.03. The topological polar surface area (TPSA) is 49.7 Å². The molecule has 0 amide bonds. The van der Waals surface area contributed by atoms with Crippen molar-refractivity contribution in [3.63, 3.8) is 0 Å². The molecule has 0 unspecified atom stereocenters. The van der Waals surface area contributed by atoms with E-state index < -0.39 is 5.54 Å². The van der Waals surface area contributed by atoms with E-state index >= 15 is 0 Å². The Balaban J connectivity index is 2.65. The van der Waals surface area contributed by atoms with Gasteiger partial charge in [-0.3, -0.25) is 0 Å². The Kier molecular flexibility index (Phi) is 3.36. The number of aliphatic imine (C=N–C) groups is 1. The highest BCUT2D eigenvalue weighted by Gasteiger charge is 2.39. The molecule has 0 aliphatic heterocycles. The van der Waals surface area contributed by atoms with Gasteiger partial charge in [-0.1, -0.05) is 18.9 Å². The largest absolute Gasteiger partial charge is 0.506 e. The number of nitrogens with zero attached hydrogens (tertiary/aromatic N) is 1. The summed E-state index contributed by atoms with van der Waals surface area (Å²) in [6.45, 7) is 1.93. The van der Waals surface area contributed by atoms with Gasteiger partial charge in [0.15, 0.2) is 0 Å². The lowest BCUT2D eigenvalue weighted by Gasteiger charge is -2.26. The van der Waals surface area contributed by atoms with Gasteiger partial charge >= 0.3 is 0 Å². The Labute approximate surface area is 109 Å². The Hall–Kier alpha value is -1.12. The lowest BCUT2D eigenvalue weighted by Crippen LogP contribution is -2.20. The molecule has 1 aromatic carbocycles. The first-order chi connectivity index (χ1) is 8.10. The second kappa shape index (κ2) is 4.63. The van der Waals surface area contributed by atoms with Gasteiger partial charge < -0.3 is 5.11 Å². The number of rotatable bonds is 2. The molecule has 0 saturated heterocycles. The van der Waals surface area contributed by atoms with Crippen molar-refractivity contribution in [3.8, 4) is 5.75 Å². The van der Waals surface area contributed by atoms with E-state index in [-0.39, 0.29) is 5.75 Å². The van der Waals surface area contributed by atoms with Crippen LogP contribution in [0.5, 0.6) is 5.75 Å². The average molecular weight is 296 g/mol. The highest BCUT2D eigenvalue weighted by atomic mass is 79.9. The number of aromatic hydroxyl groups is 1. The van der Waals surface area contributed by atoms with Crippen LogP contribution in [0.1, 0.15) is 36.8 Å². The molecule has 3 nitrogen and oxygen atoms in total. The van der Waals surface area contributed by atoms with Crippen molar-refractivity contribution in [1.82, 2.24) is 0 Å². The van der Waals surface area contributed by atoms with Gasteiger partial charge in [0, 0.05) is 5.56 Å². The van der Waals surface area contributed by atoms with Crippen molar-refractivity contribution in [2.45, 2.75) is 38.1 Å². The minimum absolute atomic E-state index is 0.200. The summed E-state index contributed by atoms with van der Waals surface area (Å²) >= 11 is 3.31. The normalized spacial score (nSPS) is 17.8. The molecule has 0 aromatic heterocycles. The number of isocyanates is 1. The molecule has 90 valence electrons. The first-order valence-corrected chi connectivity index (χ1v) is 6.47. The number of benzene rings is 1. The van der Waals surface area contributed by atoms with Gasteiger partial charge in [-0.15, -0.1) is 0 Å². The molecular formula is C13H14BrNO2. The zero-order chi connectivity index (χ0) is 12.5. The van der Waals surface area contributed by atoms with Gasteiger partial charge in [-0.25, -0.2) is 4.79 Å². The molecule has 0 radical (unpaired) electrons. The zero-order valence-corrected chi connectivity index (χ0v) is 11.2. The third-order valence-electron chi connectivity index (χ3n) is 3.49. The number of carbonyl (C=O) groups excluding carboxylic acids is 1. The summed E-state index contributed by atoms with van der Waals surface area (Å²) < 4.78 is 0.644. The van der Waals surface area contributed by atoms with Crippen LogP contribution in [0.4, 0.5) is 0 Å². The molecule has 1 aromatic rings. The molecule has 2 rings (SSSR count). The van der Waals surface area contributed by atoms with Crippen molar-refractivity contribution < 1.29 is 9.90 Å². The van der Waals surface area contributed by atoms with E-state index in [0.29, 0.717) is 4.47 Å². The van der Waals surface area contributed by atoms with E-state index in [1.54, 1.807) is 12.1 Å². The number of hydrogen-bond donors (Lipinski definition) is 1. The summed E-state index contributed by atoms with van der Waals surface area (Å²) in [6.07, 6.45) is 5.32.